The van der Waals surface area contributed by atoms with Crippen molar-refractivity contribution in [1.29, 1.82) is 0 Å². The lowest BCUT2D eigenvalue weighted by molar-refractivity contribution is 0.0734. The largest absolute Gasteiger partial charge is 0.497 e. The van der Waals surface area contributed by atoms with Gasteiger partial charge in [-0.25, -0.2) is 4.79 Å². The van der Waals surface area contributed by atoms with Crippen LogP contribution in [-0.2, 0) is 0 Å². The quantitative estimate of drug-likeness (QED) is 0.421. The number of hydrogen-bond acceptors (Lipinski definition) is 4. The van der Waals surface area contributed by atoms with Crippen molar-refractivity contribution in [3.05, 3.63) is 83.9 Å². The number of methoxy groups -OCH3 is 1. The summed E-state index contributed by atoms with van der Waals surface area (Å²) in [6.45, 7) is 0. The molecule has 134 valence electrons. The lowest BCUT2D eigenvalue weighted by atomic mass is 10.0. The predicted molar refractivity (Wildman–Crippen MR) is 104 cm³/mol. The summed E-state index contributed by atoms with van der Waals surface area (Å²) in [5, 5.41) is 9.64. The minimum atomic E-state index is -0.908. The highest BCUT2D eigenvalue weighted by atomic mass is 16.5. The first-order valence-corrected chi connectivity index (χ1v) is 8.31. The Kier molecular flexibility index (Phi) is 5.55. The van der Waals surface area contributed by atoms with Crippen molar-refractivity contribution in [2.45, 2.75) is 6.10 Å². The van der Waals surface area contributed by atoms with E-state index < -0.39 is 12.1 Å². The van der Waals surface area contributed by atoms with Crippen LogP contribution < -0.4 is 9.47 Å². The molecule has 0 aromatic heterocycles. The number of aliphatic hydroxyl groups excluding tert-OH is 1. The second-order valence-electron chi connectivity index (χ2n) is 5.83. The van der Waals surface area contributed by atoms with E-state index in [9.17, 15) is 9.90 Å². The molecule has 1 N–H and O–H groups in total. The van der Waals surface area contributed by atoms with E-state index >= 15 is 0 Å². The van der Waals surface area contributed by atoms with Crippen LogP contribution in [0.2, 0.25) is 0 Å². The summed E-state index contributed by atoms with van der Waals surface area (Å²) < 4.78 is 10.4. The number of ether oxygens (including phenoxy) is 2. The van der Waals surface area contributed by atoms with Gasteiger partial charge in [-0.3, -0.25) is 0 Å². The van der Waals surface area contributed by atoms with E-state index in [4.69, 9.17) is 15.9 Å². The van der Waals surface area contributed by atoms with Gasteiger partial charge in [0.05, 0.1) is 12.7 Å². The van der Waals surface area contributed by atoms with Crippen LogP contribution in [0, 0.1) is 12.3 Å². The lowest BCUT2D eigenvalue weighted by Gasteiger charge is -2.08. The minimum Gasteiger partial charge on any atom is -0.497 e. The van der Waals surface area contributed by atoms with Crippen LogP contribution in [0.5, 0.6) is 11.5 Å². The van der Waals surface area contributed by atoms with Gasteiger partial charge < -0.3 is 14.6 Å². The third kappa shape index (κ3) is 4.35. The second kappa shape index (κ2) is 8.22. The molecule has 4 nitrogen and oxygen atoms in total. The second-order valence-corrected chi connectivity index (χ2v) is 5.83. The summed E-state index contributed by atoms with van der Waals surface area (Å²) in [5.41, 5.74) is 3.02. The van der Waals surface area contributed by atoms with Crippen LogP contribution in [0.1, 0.15) is 22.0 Å². The zero-order valence-electron chi connectivity index (χ0n) is 14.8. The van der Waals surface area contributed by atoms with Gasteiger partial charge in [-0.1, -0.05) is 42.3 Å². The Morgan fingerprint density at radius 3 is 1.93 bits per heavy atom. The van der Waals surface area contributed by atoms with Gasteiger partial charge in [-0.15, -0.1) is 6.42 Å². The molecule has 0 fully saturated rings. The molecule has 0 aliphatic rings. The SMILES string of the molecule is C#CC(O)c1ccc(-c2ccc(C(=O)Oc3ccc(OC)cc3)cc2)cc1. The van der Waals surface area contributed by atoms with Crippen molar-refractivity contribution in [3.8, 4) is 35.0 Å². The fraction of sp³-hybridized carbons (Fsp3) is 0.0870. The van der Waals surface area contributed by atoms with Crippen LogP contribution in [0.3, 0.4) is 0 Å². The van der Waals surface area contributed by atoms with Gasteiger partial charge >= 0.3 is 5.97 Å². The first-order valence-electron chi connectivity index (χ1n) is 8.31. The smallest absolute Gasteiger partial charge is 0.343 e. The molecule has 0 aliphatic carbocycles. The van der Waals surface area contributed by atoms with Crippen LogP contribution >= 0.6 is 0 Å². The molecule has 1 atom stereocenters. The minimum absolute atomic E-state index is 0.431. The van der Waals surface area contributed by atoms with Gasteiger partial charge in [0.25, 0.3) is 0 Å². The molecule has 0 radical (unpaired) electrons. The van der Waals surface area contributed by atoms with E-state index in [2.05, 4.69) is 5.92 Å². The van der Waals surface area contributed by atoms with Gasteiger partial charge in [-0.05, 0) is 53.1 Å². The Balaban J connectivity index is 1.70. The van der Waals surface area contributed by atoms with E-state index in [0.717, 1.165) is 11.1 Å². The molecule has 0 heterocycles. The predicted octanol–water partition coefficient (Wildman–Crippen LogP) is 4.25. The molecule has 4 heteroatoms. The van der Waals surface area contributed by atoms with Gasteiger partial charge in [0, 0.05) is 0 Å². The van der Waals surface area contributed by atoms with Crippen molar-refractivity contribution in [1.82, 2.24) is 0 Å². The maximum Gasteiger partial charge on any atom is 0.343 e. The van der Waals surface area contributed by atoms with Crippen LogP contribution in [0.15, 0.2) is 72.8 Å². The number of carbonyl (C=O) groups excluding carboxylic acids is 1. The zero-order chi connectivity index (χ0) is 19.2. The molecule has 0 saturated carbocycles. The first kappa shape index (κ1) is 18.2. The summed E-state index contributed by atoms with van der Waals surface area (Å²) in [6, 6.07) is 21.2. The highest BCUT2D eigenvalue weighted by Gasteiger charge is 2.10. The highest BCUT2D eigenvalue weighted by molar-refractivity contribution is 5.91. The summed E-state index contributed by atoms with van der Waals surface area (Å²) in [4.78, 5) is 12.3. The number of benzene rings is 3. The maximum absolute atomic E-state index is 12.3. The topological polar surface area (TPSA) is 55.8 Å². The number of hydrogen-bond donors (Lipinski definition) is 1. The van der Waals surface area contributed by atoms with Gasteiger partial charge in [0.2, 0.25) is 0 Å². The van der Waals surface area contributed by atoms with Crippen molar-refractivity contribution in [3.63, 3.8) is 0 Å². The molecule has 3 aromatic carbocycles. The van der Waals surface area contributed by atoms with E-state index in [1.807, 2.05) is 24.3 Å². The third-order valence-corrected chi connectivity index (χ3v) is 4.11. The molecule has 3 aromatic rings. The van der Waals surface area contributed by atoms with Gasteiger partial charge in [0.15, 0.2) is 0 Å². The Morgan fingerprint density at radius 1 is 0.889 bits per heavy atom. The molecule has 3 rings (SSSR count). The Morgan fingerprint density at radius 2 is 1.41 bits per heavy atom. The Hall–Kier alpha value is -3.55. The third-order valence-electron chi connectivity index (χ3n) is 4.11. The van der Waals surface area contributed by atoms with Crippen molar-refractivity contribution in [2.24, 2.45) is 0 Å². The van der Waals surface area contributed by atoms with E-state index in [-0.39, 0.29) is 0 Å². The number of carbonyl (C=O) groups is 1. The zero-order valence-corrected chi connectivity index (χ0v) is 14.8. The summed E-state index contributed by atoms with van der Waals surface area (Å²) in [6.07, 6.45) is 4.31. The van der Waals surface area contributed by atoms with Gasteiger partial charge in [-0.2, -0.15) is 0 Å². The van der Waals surface area contributed by atoms with Crippen LogP contribution in [-0.4, -0.2) is 18.2 Å². The maximum atomic E-state index is 12.3. The highest BCUT2D eigenvalue weighted by Crippen LogP contribution is 2.23. The summed E-state index contributed by atoms with van der Waals surface area (Å²) >= 11 is 0. The van der Waals surface area contributed by atoms with Crippen molar-refractivity contribution >= 4 is 5.97 Å². The van der Waals surface area contributed by atoms with Gasteiger partial charge in [0.1, 0.15) is 17.6 Å². The fourth-order valence-electron chi connectivity index (χ4n) is 2.56. The number of terminal acetylenes is 1. The summed E-state index contributed by atoms with van der Waals surface area (Å²) in [7, 11) is 1.58. The van der Waals surface area contributed by atoms with Crippen molar-refractivity contribution in [2.75, 3.05) is 7.11 Å². The first-order chi connectivity index (χ1) is 13.1. The monoisotopic (exact) mass is 358 g/mol. The lowest BCUT2D eigenvalue weighted by Crippen LogP contribution is -2.08. The molecular weight excluding hydrogens is 340 g/mol. The molecule has 27 heavy (non-hydrogen) atoms. The van der Waals surface area contributed by atoms with Crippen molar-refractivity contribution < 1.29 is 19.4 Å². The Labute approximate surface area is 158 Å². The Bertz CT molecular complexity index is 949. The standard InChI is InChI=1S/C23H18O4/c1-3-22(24)18-8-4-16(5-9-18)17-6-10-19(11-7-17)23(25)27-21-14-12-20(26-2)13-15-21/h1,4-15,22,24H,2H3. The van der Waals surface area contributed by atoms with Crippen LogP contribution in [0.4, 0.5) is 0 Å². The molecular formula is C23H18O4. The fourth-order valence-corrected chi connectivity index (χ4v) is 2.56. The average Bonchev–Trinajstić information content (AvgIpc) is 2.74. The van der Waals surface area contributed by atoms with E-state index in [0.29, 0.717) is 22.6 Å². The van der Waals surface area contributed by atoms with E-state index in [1.54, 1.807) is 55.6 Å². The number of esters is 1. The summed E-state index contributed by atoms with van der Waals surface area (Å²) in [5.74, 6) is 3.00. The molecule has 1 unspecified atom stereocenters. The molecule has 0 spiro atoms. The molecule has 0 bridgehead atoms. The molecule has 0 amide bonds. The van der Waals surface area contributed by atoms with Crippen LogP contribution in [0.25, 0.3) is 11.1 Å². The average molecular weight is 358 g/mol. The number of aliphatic hydroxyl groups is 1. The molecule has 0 saturated heterocycles. The van der Waals surface area contributed by atoms with E-state index in [1.165, 1.54) is 0 Å². The normalized spacial score (nSPS) is 11.3. The number of rotatable bonds is 5. The molecule has 0 aliphatic heterocycles.